The van der Waals surface area contributed by atoms with Gasteiger partial charge in [0.05, 0.1) is 13.7 Å². The normalized spacial score (nSPS) is 9.72. The molecule has 1 N–H and O–H groups in total. The van der Waals surface area contributed by atoms with Crippen molar-refractivity contribution in [3.05, 3.63) is 30.4 Å². The molecule has 18 heavy (non-hydrogen) atoms. The van der Waals surface area contributed by atoms with Gasteiger partial charge in [0.25, 0.3) is 0 Å². The van der Waals surface area contributed by atoms with Crippen molar-refractivity contribution in [2.45, 2.75) is 13.8 Å². The summed E-state index contributed by atoms with van der Waals surface area (Å²) in [4.78, 5) is 11.6. The van der Waals surface area contributed by atoms with Crippen molar-refractivity contribution in [1.82, 2.24) is 0 Å². The van der Waals surface area contributed by atoms with Gasteiger partial charge in [0.15, 0.2) is 17.3 Å². The Morgan fingerprint density at radius 1 is 1.44 bits per heavy atom. The SMILES string of the molecule is C=CCNc1cc(OCC)c(OC)cc1C(C)=O. The van der Waals surface area contributed by atoms with E-state index in [-0.39, 0.29) is 5.78 Å². The van der Waals surface area contributed by atoms with Gasteiger partial charge >= 0.3 is 0 Å². The van der Waals surface area contributed by atoms with Gasteiger partial charge < -0.3 is 14.8 Å². The highest BCUT2D eigenvalue weighted by Crippen LogP contribution is 2.33. The molecule has 1 rings (SSSR count). The Bertz CT molecular complexity index is 441. The second kappa shape index (κ2) is 6.69. The van der Waals surface area contributed by atoms with Crippen LogP contribution < -0.4 is 14.8 Å². The van der Waals surface area contributed by atoms with Crippen LogP contribution in [0.5, 0.6) is 11.5 Å². The minimum Gasteiger partial charge on any atom is -0.493 e. The highest BCUT2D eigenvalue weighted by molar-refractivity contribution is 6.00. The molecule has 0 heterocycles. The third-order valence-electron chi connectivity index (χ3n) is 2.42. The zero-order chi connectivity index (χ0) is 13.5. The molecule has 0 fully saturated rings. The summed E-state index contributed by atoms with van der Waals surface area (Å²) in [5.41, 5.74) is 1.31. The number of hydrogen-bond donors (Lipinski definition) is 1. The second-order valence-corrected chi connectivity index (χ2v) is 3.71. The van der Waals surface area contributed by atoms with Gasteiger partial charge in [-0.15, -0.1) is 6.58 Å². The third-order valence-corrected chi connectivity index (χ3v) is 2.42. The first kappa shape index (κ1) is 14.1. The van der Waals surface area contributed by atoms with E-state index >= 15 is 0 Å². The molecule has 1 aromatic rings. The fraction of sp³-hybridized carbons (Fsp3) is 0.357. The van der Waals surface area contributed by atoms with Crippen LogP contribution in [0.3, 0.4) is 0 Å². The Kier molecular flexibility index (Phi) is 5.24. The zero-order valence-electron chi connectivity index (χ0n) is 11.1. The van der Waals surface area contributed by atoms with Gasteiger partial charge in [-0.05, 0) is 19.9 Å². The fourth-order valence-electron chi connectivity index (χ4n) is 1.61. The molecule has 0 aromatic heterocycles. The number of ether oxygens (including phenoxy) is 2. The van der Waals surface area contributed by atoms with E-state index in [9.17, 15) is 4.79 Å². The van der Waals surface area contributed by atoms with Gasteiger partial charge in [-0.1, -0.05) is 6.08 Å². The van der Waals surface area contributed by atoms with E-state index in [1.807, 2.05) is 6.92 Å². The number of ketones is 1. The van der Waals surface area contributed by atoms with Crippen LogP contribution in [0, 0.1) is 0 Å². The van der Waals surface area contributed by atoms with E-state index in [0.717, 1.165) is 5.69 Å². The summed E-state index contributed by atoms with van der Waals surface area (Å²) >= 11 is 0. The molecule has 0 aliphatic rings. The number of carbonyl (C=O) groups is 1. The van der Waals surface area contributed by atoms with Crippen LogP contribution in [-0.2, 0) is 0 Å². The molecule has 0 bridgehead atoms. The second-order valence-electron chi connectivity index (χ2n) is 3.71. The lowest BCUT2D eigenvalue weighted by molar-refractivity contribution is 0.101. The summed E-state index contributed by atoms with van der Waals surface area (Å²) in [5.74, 6) is 1.16. The van der Waals surface area contributed by atoms with Crippen LogP contribution in [0.15, 0.2) is 24.8 Å². The lowest BCUT2D eigenvalue weighted by Crippen LogP contribution is -2.06. The van der Waals surface area contributed by atoms with Crippen molar-refractivity contribution in [2.24, 2.45) is 0 Å². The van der Waals surface area contributed by atoms with Crippen LogP contribution in [0.4, 0.5) is 5.69 Å². The molecule has 0 atom stereocenters. The van der Waals surface area contributed by atoms with Gasteiger partial charge in [0.1, 0.15) is 0 Å². The summed E-state index contributed by atoms with van der Waals surface area (Å²) < 4.78 is 10.7. The Balaban J connectivity index is 3.22. The van der Waals surface area contributed by atoms with Gasteiger partial charge in [0, 0.05) is 23.9 Å². The maximum atomic E-state index is 11.6. The monoisotopic (exact) mass is 249 g/mol. The number of hydrogen-bond acceptors (Lipinski definition) is 4. The Morgan fingerprint density at radius 3 is 2.67 bits per heavy atom. The lowest BCUT2D eigenvalue weighted by atomic mass is 10.1. The van der Waals surface area contributed by atoms with E-state index in [2.05, 4.69) is 11.9 Å². The Morgan fingerprint density at radius 2 is 2.17 bits per heavy atom. The number of rotatable bonds is 7. The average Bonchev–Trinajstić information content (AvgIpc) is 2.36. The average molecular weight is 249 g/mol. The van der Waals surface area contributed by atoms with Crippen molar-refractivity contribution < 1.29 is 14.3 Å². The standard InChI is InChI=1S/C14H19NO3/c1-5-7-15-12-9-14(18-6-2)13(17-4)8-11(12)10(3)16/h5,8-9,15H,1,6-7H2,2-4H3. The van der Waals surface area contributed by atoms with E-state index < -0.39 is 0 Å². The predicted molar refractivity (Wildman–Crippen MR) is 72.9 cm³/mol. The molecule has 1 aromatic carbocycles. The van der Waals surface area contributed by atoms with Crippen LogP contribution in [-0.4, -0.2) is 26.0 Å². The summed E-state index contributed by atoms with van der Waals surface area (Å²) in [7, 11) is 1.55. The number of nitrogens with one attached hydrogen (secondary N) is 1. The summed E-state index contributed by atoms with van der Waals surface area (Å²) in [5, 5.41) is 3.12. The summed E-state index contributed by atoms with van der Waals surface area (Å²) in [6.07, 6.45) is 1.73. The van der Waals surface area contributed by atoms with Crippen molar-refractivity contribution >= 4 is 11.5 Å². The van der Waals surface area contributed by atoms with Crippen LogP contribution in [0.1, 0.15) is 24.2 Å². The van der Waals surface area contributed by atoms with Gasteiger partial charge in [-0.2, -0.15) is 0 Å². The Hall–Kier alpha value is -1.97. The molecule has 0 spiro atoms. The fourth-order valence-corrected chi connectivity index (χ4v) is 1.61. The highest BCUT2D eigenvalue weighted by Gasteiger charge is 2.14. The third kappa shape index (κ3) is 3.26. The largest absolute Gasteiger partial charge is 0.493 e. The number of Topliss-reactive ketones (excluding diaryl/α,β-unsaturated/α-hetero) is 1. The molecular formula is C14H19NO3. The van der Waals surface area contributed by atoms with Gasteiger partial charge in [0.2, 0.25) is 0 Å². The first-order valence-corrected chi connectivity index (χ1v) is 5.84. The predicted octanol–water partition coefficient (Wildman–Crippen LogP) is 2.89. The number of benzene rings is 1. The summed E-state index contributed by atoms with van der Waals surface area (Å²) in [6, 6.07) is 3.47. The van der Waals surface area contributed by atoms with Crippen molar-refractivity contribution in [2.75, 3.05) is 25.6 Å². The maximum absolute atomic E-state index is 11.6. The molecule has 0 radical (unpaired) electrons. The first-order valence-electron chi connectivity index (χ1n) is 5.84. The highest BCUT2D eigenvalue weighted by atomic mass is 16.5. The first-order chi connectivity index (χ1) is 8.63. The molecule has 98 valence electrons. The van der Waals surface area contributed by atoms with Gasteiger partial charge in [-0.25, -0.2) is 0 Å². The number of methoxy groups -OCH3 is 1. The minimum atomic E-state index is -0.0251. The molecule has 0 unspecified atom stereocenters. The molecule has 4 nitrogen and oxygen atoms in total. The van der Waals surface area contributed by atoms with Crippen LogP contribution in [0.2, 0.25) is 0 Å². The molecule has 0 amide bonds. The zero-order valence-corrected chi connectivity index (χ0v) is 11.1. The number of carbonyl (C=O) groups excluding carboxylic acids is 1. The minimum absolute atomic E-state index is 0.0251. The van der Waals surface area contributed by atoms with Crippen molar-refractivity contribution in [3.63, 3.8) is 0 Å². The van der Waals surface area contributed by atoms with Crippen molar-refractivity contribution in [3.8, 4) is 11.5 Å². The van der Waals surface area contributed by atoms with Crippen LogP contribution in [0.25, 0.3) is 0 Å². The molecular weight excluding hydrogens is 230 g/mol. The molecule has 0 aliphatic carbocycles. The molecule has 0 saturated carbocycles. The molecule has 4 heteroatoms. The quantitative estimate of drug-likeness (QED) is 0.596. The van der Waals surface area contributed by atoms with Crippen LogP contribution >= 0.6 is 0 Å². The molecule has 0 aliphatic heterocycles. The smallest absolute Gasteiger partial charge is 0.163 e. The lowest BCUT2D eigenvalue weighted by Gasteiger charge is -2.15. The van der Waals surface area contributed by atoms with E-state index in [1.165, 1.54) is 6.92 Å². The van der Waals surface area contributed by atoms with E-state index in [0.29, 0.717) is 30.2 Å². The summed E-state index contributed by atoms with van der Waals surface area (Å²) in [6.45, 7) is 8.18. The topological polar surface area (TPSA) is 47.6 Å². The van der Waals surface area contributed by atoms with Crippen molar-refractivity contribution in [1.29, 1.82) is 0 Å². The van der Waals surface area contributed by atoms with Gasteiger partial charge in [-0.3, -0.25) is 4.79 Å². The number of anilines is 1. The Labute approximate surface area is 108 Å². The van der Waals surface area contributed by atoms with E-state index in [1.54, 1.807) is 25.3 Å². The maximum Gasteiger partial charge on any atom is 0.163 e. The van der Waals surface area contributed by atoms with E-state index in [4.69, 9.17) is 9.47 Å². The molecule has 0 saturated heterocycles.